The van der Waals surface area contributed by atoms with E-state index in [0.29, 0.717) is 11.8 Å². The highest BCUT2D eigenvalue weighted by Gasteiger charge is 2.09. The molecule has 0 rings (SSSR count). The van der Waals surface area contributed by atoms with E-state index in [0.717, 1.165) is 23.7 Å². The average molecular weight is 457 g/mol. The third-order valence-electron chi connectivity index (χ3n) is 6.00. The first-order valence-electron chi connectivity index (χ1n) is 14.0. The van der Waals surface area contributed by atoms with Crippen molar-refractivity contribution in [3.63, 3.8) is 0 Å². The number of hydrogen-bond donors (Lipinski definition) is 1. The van der Waals surface area contributed by atoms with E-state index in [1.165, 1.54) is 103 Å². The lowest BCUT2D eigenvalue weighted by Crippen LogP contribution is -2.35. The Kier molecular flexibility index (Phi) is 23.3. The van der Waals surface area contributed by atoms with Crippen LogP contribution in [0, 0.1) is 5.41 Å². The maximum atomic E-state index is 10.2. The molecule has 0 aliphatic heterocycles. The number of hydrogen-bond acceptors (Lipinski definition) is 1. The molecule has 0 aromatic rings. The van der Waals surface area contributed by atoms with Gasteiger partial charge in [-0.05, 0) is 31.1 Å². The fourth-order valence-corrected chi connectivity index (χ4v) is 3.89. The molecule has 1 N–H and O–H groups in total. The van der Waals surface area contributed by atoms with Crippen molar-refractivity contribution in [1.82, 2.24) is 0 Å². The second kappa shape index (κ2) is 22.2. The molecule has 0 bridgehead atoms. The molecule has 0 atom stereocenters. The van der Waals surface area contributed by atoms with Crippen LogP contribution in [0.2, 0.25) is 0 Å². The molecular weight excluding hydrogens is 394 g/mol. The summed E-state index contributed by atoms with van der Waals surface area (Å²) in [5, 5.41) is 8.37. The van der Waals surface area contributed by atoms with Crippen molar-refractivity contribution in [3.05, 3.63) is 0 Å². The predicted octanol–water partition coefficient (Wildman–Crippen LogP) is 9.24. The Balaban J connectivity index is 0. The smallest absolute Gasteiger partial charge is 0.303 e. The number of carbonyl (C=O) groups is 1. The maximum Gasteiger partial charge on any atom is 0.303 e. The van der Waals surface area contributed by atoms with Gasteiger partial charge in [0.05, 0.1) is 27.7 Å². The van der Waals surface area contributed by atoms with Gasteiger partial charge in [-0.2, -0.15) is 0 Å². The van der Waals surface area contributed by atoms with E-state index in [1.807, 2.05) is 0 Å². The van der Waals surface area contributed by atoms with E-state index in [2.05, 4.69) is 48.8 Å². The SMILES string of the molecule is CC(C)(C)CCCCCC(=O)O.CCCCCCCCCCCCCCCC[N+](C)(C)C. The molecule has 32 heavy (non-hydrogen) atoms. The molecule has 0 saturated heterocycles. The molecular formula is C29H62NO2+. The van der Waals surface area contributed by atoms with Crippen molar-refractivity contribution in [2.24, 2.45) is 5.41 Å². The zero-order valence-electron chi connectivity index (χ0n) is 23.4. The van der Waals surface area contributed by atoms with Crippen LogP contribution in [0.4, 0.5) is 0 Å². The maximum absolute atomic E-state index is 10.2. The van der Waals surface area contributed by atoms with E-state index >= 15 is 0 Å². The van der Waals surface area contributed by atoms with Gasteiger partial charge in [-0.3, -0.25) is 4.79 Å². The molecule has 0 saturated carbocycles. The van der Waals surface area contributed by atoms with E-state index in [-0.39, 0.29) is 0 Å². The molecule has 0 radical (unpaired) electrons. The van der Waals surface area contributed by atoms with Crippen molar-refractivity contribution in [2.75, 3.05) is 27.7 Å². The molecule has 0 aliphatic rings. The molecule has 0 unspecified atom stereocenters. The Hall–Kier alpha value is -0.570. The molecule has 0 fully saturated rings. The van der Waals surface area contributed by atoms with E-state index in [9.17, 15) is 4.79 Å². The molecule has 0 aromatic carbocycles. The van der Waals surface area contributed by atoms with Gasteiger partial charge in [-0.15, -0.1) is 0 Å². The van der Waals surface area contributed by atoms with Gasteiger partial charge in [0, 0.05) is 6.42 Å². The minimum atomic E-state index is -0.675. The van der Waals surface area contributed by atoms with Crippen LogP contribution in [0.5, 0.6) is 0 Å². The predicted molar refractivity (Wildman–Crippen MR) is 143 cm³/mol. The number of carboxylic acid groups (broad SMARTS) is 1. The van der Waals surface area contributed by atoms with Crippen molar-refractivity contribution >= 4 is 5.97 Å². The number of rotatable bonds is 20. The zero-order chi connectivity index (χ0) is 24.7. The van der Waals surface area contributed by atoms with Crippen molar-refractivity contribution in [1.29, 1.82) is 0 Å². The van der Waals surface area contributed by atoms with Gasteiger partial charge >= 0.3 is 5.97 Å². The van der Waals surface area contributed by atoms with Crippen molar-refractivity contribution in [2.45, 2.75) is 150 Å². The third kappa shape index (κ3) is 36.8. The van der Waals surface area contributed by atoms with Gasteiger partial charge in [0.25, 0.3) is 0 Å². The molecule has 0 aliphatic carbocycles. The second-order valence-electron chi connectivity index (χ2n) is 12.1. The molecule has 0 heterocycles. The number of unbranched alkanes of at least 4 members (excludes halogenated alkanes) is 15. The van der Waals surface area contributed by atoms with Crippen molar-refractivity contribution in [3.8, 4) is 0 Å². The van der Waals surface area contributed by atoms with Crippen LogP contribution in [0.3, 0.4) is 0 Å². The first-order chi connectivity index (χ1) is 15.0. The lowest BCUT2D eigenvalue weighted by Gasteiger charge is -2.23. The third-order valence-corrected chi connectivity index (χ3v) is 6.00. The lowest BCUT2D eigenvalue weighted by molar-refractivity contribution is -0.870. The Morgan fingerprint density at radius 3 is 1.34 bits per heavy atom. The summed E-state index contributed by atoms with van der Waals surface area (Å²) >= 11 is 0. The minimum absolute atomic E-state index is 0.324. The fraction of sp³-hybridized carbons (Fsp3) is 0.966. The first-order valence-corrected chi connectivity index (χ1v) is 14.0. The number of quaternary nitrogens is 1. The molecule has 0 spiro atoms. The van der Waals surface area contributed by atoms with Gasteiger partial charge in [0.2, 0.25) is 0 Å². The van der Waals surface area contributed by atoms with Gasteiger partial charge in [-0.1, -0.05) is 118 Å². The summed E-state index contributed by atoms with van der Waals surface area (Å²) in [6.45, 7) is 10.3. The van der Waals surface area contributed by atoms with E-state index in [1.54, 1.807) is 0 Å². The summed E-state index contributed by atoms with van der Waals surface area (Å²) in [5.74, 6) is -0.675. The van der Waals surface area contributed by atoms with Gasteiger partial charge in [0.1, 0.15) is 0 Å². The Morgan fingerprint density at radius 2 is 1.00 bits per heavy atom. The van der Waals surface area contributed by atoms with Crippen LogP contribution in [0.25, 0.3) is 0 Å². The monoisotopic (exact) mass is 456 g/mol. The average Bonchev–Trinajstić information content (AvgIpc) is 2.66. The lowest BCUT2D eigenvalue weighted by atomic mass is 9.89. The van der Waals surface area contributed by atoms with Gasteiger partial charge in [0.15, 0.2) is 0 Å². The summed E-state index contributed by atoms with van der Waals surface area (Å²) < 4.78 is 1.12. The number of nitrogens with zero attached hydrogens (tertiary/aromatic N) is 1. The number of carboxylic acids is 1. The van der Waals surface area contributed by atoms with E-state index in [4.69, 9.17) is 5.11 Å². The zero-order valence-corrected chi connectivity index (χ0v) is 23.4. The largest absolute Gasteiger partial charge is 0.481 e. The summed E-state index contributed by atoms with van der Waals surface area (Å²) in [6, 6.07) is 0. The Morgan fingerprint density at radius 1 is 0.625 bits per heavy atom. The van der Waals surface area contributed by atoms with Crippen LogP contribution >= 0.6 is 0 Å². The summed E-state index contributed by atoms with van der Waals surface area (Å²) in [5.41, 5.74) is 0.392. The van der Waals surface area contributed by atoms with Crippen LogP contribution in [0.1, 0.15) is 150 Å². The standard InChI is InChI=1S/C19H42N.C10H20O2/c1-5-6-7-8-9-10-11-12-13-14-15-16-17-18-19-20(2,3)4;1-10(2,3)8-6-4-5-7-9(11)12/h5-19H2,1-4H3;4-8H2,1-3H3,(H,11,12)/q+1;. The topological polar surface area (TPSA) is 37.3 Å². The summed E-state index contributed by atoms with van der Waals surface area (Å²) in [6.07, 6.45) is 24.9. The van der Waals surface area contributed by atoms with E-state index < -0.39 is 5.97 Å². The second-order valence-corrected chi connectivity index (χ2v) is 12.1. The highest BCUT2D eigenvalue weighted by molar-refractivity contribution is 5.66. The van der Waals surface area contributed by atoms with Crippen LogP contribution in [-0.2, 0) is 4.79 Å². The van der Waals surface area contributed by atoms with Crippen molar-refractivity contribution < 1.29 is 14.4 Å². The first kappa shape index (κ1) is 33.6. The molecule has 3 heteroatoms. The van der Waals surface area contributed by atoms with Gasteiger partial charge < -0.3 is 9.59 Å². The quantitative estimate of drug-likeness (QED) is 0.146. The minimum Gasteiger partial charge on any atom is -0.481 e. The van der Waals surface area contributed by atoms with Gasteiger partial charge in [-0.25, -0.2) is 0 Å². The Labute approximate surface area is 203 Å². The summed E-state index contributed by atoms with van der Waals surface area (Å²) in [7, 11) is 6.88. The highest BCUT2D eigenvalue weighted by Crippen LogP contribution is 2.22. The number of aliphatic carboxylic acids is 1. The van der Waals surface area contributed by atoms with Crippen LogP contribution in [-0.4, -0.2) is 43.2 Å². The molecule has 0 aromatic heterocycles. The molecule has 3 nitrogen and oxygen atoms in total. The van der Waals surface area contributed by atoms with Crippen LogP contribution in [0.15, 0.2) is 0 Å². The highest BCUT2D eigenvalue weighted by atomic mass is 16.4. The fourth-order valence-electron chi connectivity index (χ4n) is 3.89. The molecule has 194 valence electrons. The molecule has 0 amide bonds. The Bertz CT molecular complexity index is 393. The van der Waals surface area contributed by atoms with Crippen LogP contribution < -0.4 is 0 Å². The summed E-state index contributed by atoms with van der Waals surface area (Å²) in [4.78, 5) is 10.2. The normalized spacial score (nSPS) is 11.8.